The van der Waals surface area contributed by atoms with Crippen LogP contribution in [-0.2, 0) is 11.2 Å². The van der Waals surface area contributed by atoms with Crippen LogP contribution < -0.4 is 10.6 Å². The van der Waals surface area contributed by atoms with Crippen molar-refractivity contribution in [2.75, 3.05) is 11.9 Å². The minimum atomic E-state index is -0.684. The quantitative estimate of drug-likeness (QED) is 0.795. The number of carbonyl (C=O) groups excluding carboxylic acids is 2. The van der Waals surface area contributed by atoms with Crippen molar-refractivity contribution in [2.45, 2.75) is 46.1 Å². The number of carbonyl (C=O) groups is 2. The fraction of sp³-hybridized carbons (Fsp3) is 0.529. The van der Waals surface area contributed by atoms with Gasteiger partial charge in [0.05, 0.1) is 18.2 Å². The van der Waals surface area contributed by atoms with Crippen molar-refractivity contribution < 1.29 is 19.1 Å². The van der Waals surface area contributed by atoms with Crippen molar-refractivity contribution >= 4 is 17.5 Å². The molecular formula is C17H23FN2O3. The summed E-state index contributed by atoms with van der Waals surface area (Å²) < 4.78 is 14.2. The molecule has 0 fully saturated rings. The van der Waals surface area contributed by atoms with Crippen LogP contribution >= 0.6 is 0 Å². The van der Waals surface area contributed by atoms with E-state index in [9.17, 15) is 19.1 Å². The Hall–Kier alpha value is -1.95. The summed E-state index contributed by atoms with van der Waals surface area (Å²) in [6.45, 7) is 5.81. The summed E-state index contributed by atoms with van der Waals surface area (Å²) in [5.41, 5.74) is 1.03. The van der Waals surface area contributed by atoms with Crippen molar-refractivity contribution in [3.8, 4) is 0 Å². The second-order valence-electron chi connectivity index (χ2n) is 7.16. The van der Waals surface area contributed by atoms with Crippen LogP contribution in [0.4, 0.5) is 10.1 Å². The Morgan fingerprint density at radius 3 is 2.70 bits per heavy atom. The molecule has 2 amide bonds. The fourth-order valence-corrected chi connectivity index (χ4v) is 2.74. The third kappa shape index (κ3) is 4.51. The van der Waals surface area contributed by atoms with Crippen molar-refractivity contribution in [3.05, 3.63) is 29.1 Å². The number of hydrogen-bond acceptors (Lipinski definition) is 3. The number of amides is 2. The number of hydrogen-bond donors (Lipinski definition) is 3. The van der Waals surface area contributed by atoms with Gasteiger partial charge in [-0.05, 0) is 36.0 Å². The number of fused-ring (bicyclic) bond motifs is 1. The van der Waals surface area contributed by atoms with Crippen molar-refractivity contribution in [1.29, 1.82) is 0 Å². The number of aliphatic hydroxyl groups excluding tert-OH is 1. The Labute approximate surface area is 135 Å². The molecule has 0 saturated carbocycles. The average molecular weight is 322 g/mol. The first-order valence-electron chi connectivity index (χ1n) is 7.73. The van der Waals surface area contributed by atoms with Gasteiger partial charge in [0.15, 0.2) is 0 Å². The second-order valence-corrected chi connectivity index (χ2v) is 7.16. The highest BCUT2D eigenvalue weighted by Crippen LogP contribution is 2.26. The zero-order valence-electron chi connectivity index (χ0n) is 13.7. The normalized spacial score (nSPS) is 15.6. The van der Waals surface area contributed by atoms with E-state index >= 15 is 0 Å². The summed E-state index contributed by atoms with van der Waals surface area (Å²) >= 11 is 0. The van der Waals surface area contributed by atoms with Crippen LogP contribution in [0.2, 0.25) is 0 Å². The molecular weight excluding hydrogens is 299 g/mol. The first-order chi connectivity index (χ1) is 10.7. The highest BCUT2D eigenvalue weighted by atomic mass is 19.1. The minimum Gasteiger partial charge on any atom is -0.394 e. The van der Waals surface area contributed by atoms with E-state index in [0.717, 1.165) is 5.56 Å². The number of aryl methyl sites for hydroxylation is 1. The summed E-state index contributed by atoms with van der Waals surface area (Å²) in [6, 6.07) is 2.22. The van der Waals surface area contributed by atoms with Gasteiger partial charge in [-0.2, -0.15) is 0 Å². The first-order valence-corrected chi connectivity index (χ1v) is 7.73. The Balaban J connectivity index is 2.17. The van der Waals surface area contributed by atoms with Crippen LogP contribution in [0, 0.1) is 11.2 Å². The molecule has 1 unspecified atom stereocenters. The van der Waals surface area contributed by atoms with E-state index in [4.69, 9.17) is 0 Å². The number of anilines is 1. The van der Waals surface area contributed by atoms with Gasteiger partial charge in [0.25, 0.3) is 5.91 Å². The van der Waals surface area contributed by atoms with Crippen LogP contribution in [0.5, 0.6) is 0 Å². The molecule has 1 aromatic carbocycles. The zero-order valence-corrected chi connectivity index (χ0v) is 13.7. The van der Waals surface area contributed by atoms with Gasteiger partial charge >= 0.3 is 0 Å². The molecule has 2 rings (SSSR count). The van der Waals surface area contributed by atoms with Gasteiger partial charge in [-0.3, -0.25) is 9.59 Å². The Bertz CT molecular complexity index is 623. The maximum Gasteiger partial charge on any atom is 0.254 e. The number of rotatable bonds is 4. The molecule has 23 heavy (non-hydrogen) atoms. The Kier molecular flexibility index (Phi) is 5.04. The topological polar surface area (TPSA) is 78.4 Å². The van der Waals surface area contributed by atoms with Gasteiger partial charge in [-0.25, -0.2) is 4.39 Å². The van der Waals surface area contributed by atoms with Gasteiger partial charge < -0.3 is 15.7 Å². The maximum atomic E-state index is 14.2. The monoisotopic (exact) mass is 322 g/mol. The van der Waals surface area contributed by atoms with E-state index in [-0.39, 0.29) is 23.5 Å². The summed E-state index contributed by atoms with van der Waals surface area (Å²) in [4.78, 5) is 23.7. The number of nitrogens with one attached hydrogen (secondary N) is 2. The van der Waals surface area contributed by atoms with Gasteiger partial charge in [0.1, 0.15) is 5.82 Å². The van der Waals surface area contributed by atoms with Crippen LogP contribution in [0.1, 0.15) is 49.5 Å². The first kappa shape index (κ1) is 17.4. The molecule has 5 nitrogen and oxygen atoms in total. The third-order valence-corrected chi connectivity index (χ3v) is 3.75. The predicted molar refractivity (Wildman–Crippen MR) is 85.8 cm³/mol. The van der Waals surface area contributed by atoms with Gasteiger partial charge in [-0.1, -0.05) is 20.8 Å². The molecule has 6 heteroatoms. The summed E-state index contributed by atoms with van der Waals surface area (Å²) in [6.07, 6.45) is 1.38. The minimum absolute atomic E-state index is 0.0627. The maximum absolute atomic E-state index is 14.2. The summed E-state index contributed by atoms with van der Waals surface area (Å²) in [5, 5.41) is 14.7. The second kappa shape index (κ2) is 6.66. The van der Waals surface area contributed by atoms with Crippen molar-refractivity contribution in [2.24, 2.45) is 5.41 Å². The highest BCUT2D eigenvalue weighted by molar-refractivity contribution is 5.98. The van der Waals surface area contributed by atoms with E-state index in [2.05, 4.69) is 10.6 Å². The van der Waals surface area contributed by atoms with Crippen LogP contribution in [0.3, 0.4) is 0 Å². The Morgan fingerprint density at radius 1 is 1.39 bits per heavy atom. The molecule has 126 valence electrons. The van der Waals surface area contributed by atoms with Gasteiger partial charge in [-0.15, -0.1) is 0 Å². The molecule has 0 saturated heterocycles. The lowest BCUT2D eigenvalue weighted by Gasteiger charge is -2.25. The largest absolute Gasteiger partial charge is 0.394 e. The van der Waals surface area contributed by atoms with Crippen LogP contribution in [-0.4, -0.2) is 29.6 Å². The molecule has 1 aromatic rings. The van der Waals surface area contributed by atoms with Gasteiger partial charge in [0.2, 0.25) is 5.91 Å². The molecule has 0 bridgehead atoms. The van der Waals surface area contributed by atoms with Crippen LogP contribution in [0.15, 0.2) is 12.1 Å². The smallest absolute Gasteiger partial charge is 0.254 e. The number of benzene rings is 1. The molecule has 1 aliphatic heterocycles. The Morgan fingerprint density at radius 2 is 2.09 bits per heavy atom. The lowest BCUT2D eigenvalue weighted by Crippen LogP contribution is -2.40. The average Bonchev–Trinajstić information content (AvgIpc) is 2.44. The molecule has 0 aromatic heterocycles. The van der Waals surface area contributed by atoms with E-state index in [1.54, 1.807) is 0 Å². The third-order valence-electron chi connectivity index (χ3n) is 3.75. The standard InChI is InChI=1S/C17H23FN2O3/c1-17(2,3)8-11(9-21)19-16(23)12-6-10-4-5-15(22)20-14(10)7-13(12)18/h6-7,11,21H,4-5,8-9H2,1-3H3,(H,19,23)(H,20,22). The molecule has 0 radical (unpaired) electrons. The molecule has 3 N–H and O–H groups in total. The molecule has 0 spiro atoms. The SMILES string of the molecule is CC(C)(C)CC(CO)NC(=O)c1cc2c(cc1F)NC(=O)CC2. The van der Waals surface area contributed by atoms with E-state index in [1.807, 2.05) is 20.8 Å². The molecule has 1 atom stereocenters. The fourth-order valence-electron chi connectivity index (χ4n) is 2.74. The molecule has 1 heterocycles. The van der Waals surface area contributed by atoms with Crippen molar-refractivity contribution in [3.63, 3.8) is 0 Å². The predicted octanol–water partition coefficient (Wildman–Crippen LogP) is 2.24. The number of halogens is 1. The number of aliphatic hydroxyl groups is 1. The van der Waals surface area contributed by atoms with Crippen LogP contribution in [0.25, 0.3) is 0 Å². The highest BCUT2D eigenvalue weighted by Gasteiger charge is 2.24. The molecule has 0 aliphatic carbocycles. The summed E-state index contributed by atoms with van der Waals surface area (Å²) in [5.74, 6) is -1.39. The lowest BCUT2D eigenvalue weighted by molar-refractivity contribution is -0.116. The summed E-state index contributed by atoms with van der Waals surface area (Å²) in [7, 11) is 0. The van der Waals surface area contributed by atoms with E-state index in [0.29, 0.717) is 24.9 Å². The van der Waals surface area contributed by atoms with Gasteiger partial charge in [0, 0.05) is 12.1 Å². The molecule has 1 aliphatic rings. The zero-order chi connectivity index (χ0) is 17.2. The van der Waals surface area contributed by atoms with E-state index < -0.39 is 17.8 Å². The van der Waals surface area contributed by atoms with Crippen molar-refractivity contribution in [1.82, 2.24) is 5.32 Å². The van der Waals surface area contributed by atoms with E-state index in [1.165, 1.54) is 12.1 Å². The lowest BCUT2D eigenvalue weighted by atomic mass is 9.88.